The van der Waals surface area contributed by atoms with Crippen molar-refractivity contribution in [2.75, 3.05) is 13.1 Å². The third kappa shape index (κ3) is 1.04. The van der Waals surface area contributed by atoms with E-state index in [2.05, 4.69) is 24.5 Å². The van der Waals surface area contributed by atoms with Crippen LogP contribution in [0.2, 0.25) is 0 Å². The van der Waals surface area contributed by atoms with E-state index in [4.69, 9.17) is 0 Å². The molecule has 70 valence electrons. The average molecular weight is 191 g/mol. The van der Waals surface area contributed by atoms with Gasteiger partial charge in [0.1, 0.15) is 0 Å². The summed E-state index contributed by atoms with van der Waals surface area (Å²) in [5, 5.41) is 6.23. The Hall–Kier alpha value is -0.280. The van der Waals surface area contributed by atoms with Crippen LogP contribution in [0.3, 0.4) is 0 Å². The zero-order chi connectivity index (χ0) is 8.11. The third-order valence-corrected chi connectivity index (χ3v) is 3.20. The summed E-state index contributed by atoms with van der Waals surface area (Å²) in [6.45, 7) is 6.19. The van der Waals surface area contributed by atoms with Crippen LogP contribution in [0.1, 0.15) is 20.3 Å². The van der Waals surface area contributed by atoms with Crippen molar-refractivity contribution in [1.29, 1.82) is 0 Å². The van der Waals surface area contributed by atoms with Crippen LogP contribution in [0.25, 0.3) is 0 Å². The Balaban J connectivity index is 0.000000720. The molecule has 0 aliphatic carbocycles. The first kappa shape index (κ1) is 9.81. The smallest absolute Gasteiger partial charge is 0.221 e. The van der Waals surface area contributed by atoms with Gasteiger partial charge in [-0.25, -0.2) is 0 Å². The van der Waals surface area contributed by atoms with Crippen LogP contribution in [0.5, 0.6) is 0 Å². The van der Waals surface area contributed by atoms with E-state index in [0.29, 0.717) is 6.42 Å². The van der Waals surface area contributed by atoms with Crippen LogP contribution in [-0.4, -0.2) is 24.5 Å². The van der Waals surface area contributed by atoms with Gasteiger partial charge in [-0.05, 0) is 13.8 Å². The predicted molar refractivity (Wildman–Crippen MR) is 49.4 cm³/mol. The maximum Gasteiger partial charge on any atom is 0.221 e. The summed E-state index contributed by atoms with van der Waals surface area (Å²) in [6.07, 6.45) is 0.701. The van der Waals surface area contributed by atoms with Gasteiger partial charge in [0.15, 0.2) is 0 Å². The first-order valence-corrected chi connectivity index (χ1v) is 4.08. The normalized spacial score (nSPS) is 29.0. The van der Waals surface area contributed by atoms with Crippen LogP contribution >= 0.6 is 12.4 Å². The summed E-state index contributed by atoms with van der Waals surface area (Å²) in [5.74, 6) is 0.205. The zero-order valence-corrected chi connectivity index (χ0v) is 8.25. The van der Waals surface area contributed by atoms with E-state index in [1.807, 2.05) is 0 Å². The molecule has 2 aliphatic heterocycles. The number of carbonyl (C=O) groups is 1. The molecular formula is C8H15ClN2O. The van der Waals surface area contributed by atoms with E-state index >= 15 is 0 Å². The standard InChI is InChI=1S/C8H14N2O.ClH/c1-7(2)8(4-9-5-8)3-6(11)10-7;/h9H,3-5H2,1-2H3,(H,10,11);1H. The monoisotopic (exact) mass is 190 g/mol. The lowest BCUT2D eigenvalue weighted by atomic mass is 9.68. The van der Waals surface area contributed by atoms with Crippen molar-refractivity contribution in [3.8, 4) is 0 Å². The van der Waals surface area contributed by atoms with Gasteiger partial charge in [0.2, 0.25) is 5.91 Å². The second-order valence-corrected chi connectivity index (χ2v) is 4.23. The Labute approximate surface area is 78.7 Å². The molecule has 0 radical (unpaired) electrons. The Morgan fingerprint density at radius 1 is 1.33 bits per heavy atom. The molecule has 0 saturated carbocycles. The van der Waals surface area contributed by atoms with Gasteiger partial charge >= 0.3 is 0 Å². The second-order valence-electron chi connectivity index (χ2n) is 4.23. The van der Waals surface area contributed by atoms with Crippen molar-refractivity contribution in [3.63, 3.8) is 0 Å². The SMILES string of the molecule is CC1(C)NC(=O)CC12CNC2.Cl. The largest absolute Gasteiger partial charge is 0.351 e. The highest BCUT2D eigenvalue weighted by molar-refractivity contribution is 5.85. The molecule has 2 saturated heterocycles. The number of hydrogen-bond acceptors (Lipinski definition) is 2. The summed E-state index contributed by atoms with van der Waals surface area (Å²) in [4.78, 5) is 11.1. The van der Waals surface area contributed by atoms with Gasteiger partial charge in [-0.3, -0.25) is 4.79 Å². The Morgan fingerprint density at radius 2 is 1.92 bits per heavy atom. The van der Waals surface area contributed by atoms with Crippen molar-refractivity contribution in [2.24, 2.45) is 5.41 Å². The van der Waals surface area contributed by atoms with Crippen LogP contribution in [0.15, 0.2) is 0 Å². The van der Waals surface area contributed by atoms with Crippen molar-refractivity contribution in [2.45, 2.75) is 25.8 Å². The van der Waals surface area contributed by atoms with Crippen molar-refractivity contribution in [3.05, 3.63) is 0 Å². The highest BCUT2D eigenvalue weighted by atomic mass is 35.5. The van der Waals surface area contributed by atoms with Gasteiger partial charge < -0.3 is 10.6 Å². The number of nitrogens with one attached hydrogen (secondary N) is 2. The Kier molecular flexibility index (Phi) is 2.13. The quantitative estimate of drug-likeness (QED) is 0.577. The van der Waals surface area contributed by atoms with Crippen molar-refractivity contribution >= 4 is 18.3 Å². The fourth-order valence-corrected chi connectivity index (χ4v) is 2.05. The molecule has 0 aromatic rings. The molecular weight excluding hydrogens is 176 g/mol. The fraction of sp³-hybridized carbons (Fsp3) is 0.875. The summed E-state index contributed by atoms with van der Waals surface area (Å²) < 4.78 is 0. The topological polar surface area (TPSA) is 41.1 Å². The molecule has 2 fully saturated rings. The molecule has 1 spiro atoms. The van der Waals surface area contributed by atoms with E-state index in [0.717, 1.165) is 13.1 Å². The summed E-state index contributed by atoms with van der Waals surface area (Å²) in [6, 6.07) is 0. The Bertz CT molecular complexity index is 211. The number of carbonyl (C=O) groups excluding carboxylic acids is 1. The minimum absolute atomic E-state index is 0. The van der Waals surface area contributed by atoms with Crippen LogP contribution < -0.4 is 10.6 Å². The zero-order valence-electron chi connectivity index (χ0n) is 7.44. The molecule has 2 heterocycles. The van der Waals surface area contributed by atoms with Crippen molar-refractivity contribution < 1.29 is 4.79 Å². The maximum absolute atomic E-state index is 11.1. The number of amides is 1. The predicted octanol–water partition coefficient (Wildman–Crippen LogP) is 0.296. The lowest BCUT2D eigenvalue weighted by molar-refractivity contribution is -0.120. The third-order valence-electron chi connectivity index (χ3n) is 3.20. The van der Waals surface area contributed by atoms with Gasteiger partial charge in [0.25, 0.3) is 0 Å². The summed E-state index contributed by atoms with van der Waals surface area (Å²) >= 11 is 0. The van der Waals surface area contributed by atoms with Crippen LogP contribution in [0, 0.1) is 5.41 Å². The Morgan fingerprint density at radius 3 is 2.08 bits per heavy atom. The molecule has 0 aromatic carbocycles. The van der Waals surface area contributed by atoms with Gasteiger partial charge in [-0.1, -0.05) is 0 Å². The van der Waals surface area contributed by atoms with E-state index < -0.39 is 0 Å². The van der Waals surface area contributed by atoms with Crippen LogP contribution in [0.4, 0.5) is 0 Å². The van der Waals surface area contributed by atoms with E-state index in [1.165, 1.54) is 0 Å². The summed E-state index contributed by atoms with van der Waals surface area (Å²) in [7, 11) is 0. The number of halogens is 1. The molecule has 2 aliphatic rings. The fourth-order valence-electron chi connectivity index (χ4n) is 2.05. The van der Waals surface area contributed by atoms with E-state index in [1.54, 1.807) is 0 Å². The lowest BCUT2D eigenvalue weighted by Gasteiger charge is -2.47. The van der Waals surface area contributed by atoms with Gasteiger partial charge in [0.05, 0.1) is 0 Å². The number of rotatable bonds is 0. The molecule has 0 unspecified atom stereocenters. The molecule has 2 N–H and O–H groups in total. The molecule has 2 rings (SSSR count). The van der Waals surface area contributed by atoms with E-state index in [9.17, 15) is 4.79 Å². The van der Waals surface area contributed by atoms with E-state index in [-0.39, 0.29) is 29.3 Å². The molecule has 1 amide bonds. The second kappa shape index (κ2) is 2.60. The minimum Gasteiger partial charge on any atom is -0.351 e. The average Bonchev–Trinajstić information content (AvgIpc) is 1.98. The molecule has 0 atom stereocenters. The minimum atomic E-state index is -0.00463. The maximum atomic E-state index is 11.1. The van der Waals surface area contributed by atoms with Gasteiger partial charge in [-0.15, -0.1) is 12.4 Å². The first-order chi connectivity index (χ1) is 5.06. The first-order valence-electron chi connectivity index (χ1n) is 4.08. The van der Waals surface area contributed by atoms with Gasteiger partial charge in [0, 0.05) is 30.5 Å². The molecule has 4 heteroatoms. The van der Waals surface area contributed by atoms with Gasteiger partial charge in [-0.2, -0.15) is 0 Å². The molecule has 12 heavy (non-hydrogen) atoms. The molecule has 0 aromatic heterocycles. The highest BCUT2D eigenvalue weighted by Gasteiger charge is 2.55. The molecule has 3 nitrogen and oxygen atoms in total. The number of hydrogen-bond donors (Lipinski definition) is 2. The highest BCUT2D eigenvalue weighted by Crippen LogP contribution is 2.42. The summed E-state index contributed by atoms with van der Waals surface area (Å²) in [5.41, 5.74) is 0.208. The molecule has 0 bridgehead atoms. The van der Waals surface area contributed by atoms with Crippen molar-refractivity contribution in [1.82, 2.24) is 10.6 Å². The van der Waals surface area contributed by atoms with Crippen LogP contribution in [-0.2, 0) is 4.79 Å². The lowest BCUT2D eigenvalue weighted by Crippen LogP contribution is -2.64.